The molecule has 1 heterocycles. The summed E-state index contributed by atoms with van der Waals surface area (Å²) in [6, 6.07) is 3.46. The summed E-state index contributed by atoms with van der Waals surface area (Å²) in [5.74, 6) is -1.11. The maximum absolute atomic E-state index is 12.2. The number of nitrogens with zero attached hydrogens (tertiary/aromatic N) is 1. The number of amides is 1. The predicted octanol–water partition coefficient (Wildman–Crippen LogP) is 3.60. The van der Waals surface area contributed by atoms with Crippen LogP contribution in [0.4, 0.5) is 5.69 Å². The summed E-state index contributed by atoms with van der Waals surface area (Å²) < 4.78 is 0.686. The zero-order chi connectivity index (χ0) is 15.3. The second-order valence-corrected chi connectivity index (χ2v) is 6.41. The van der Waals surface area contributed by atoms with E-state index in [9.17, 15) is 14.7 Å². The van der Waals surface area contributed by atoms with Crippen LogP contribution in [0.25, 0.3) is 0 Å². The van der Waals surface area contributed by atoms with Crippen LogP contribution in [0.5, 0.6) is 0 Å². The van der Waals surface area contributed by atoms with Gasteiger partial charge in [0.15, 0.2) is 0 Å². The minimum atomic E-state index is -0.913. The number of carboxylic acids is 1. The second-order valence-electron chi connectivity index (χ2n) is 5.59. The van der Waals surface area contributed by atoms with Crippen LogP contribution in [-0.4, -0.2) is 22.0 Å². The molecule has 1 aliphatic carbocycles. The van der Waals surface area contributed by atoms with Crippen LogP contribution in [0.15, 0.2) is 22.9 Å². The molecule has 0 unspecified atom stereocenters. The first kappa shape index (κ1) is 15.9. The van der Waals surface area contributed by atoms with Gasteiger partial charge in [-0.05, 0) is 40.9 Å². The predicted molar refractivity (Wildman–Crippen MR) is 83.0 cm³/mol. The fourth-order valence-electron chi connectivity index (χ4n) is 2.83. The van der Waals surface area contributed by atoms with Crippen LogP contribution < -0.4 is 5.32 Å². The molecular weight excluding hydrogens is 336 g/mol. The zero-order valence-corrected chi connectivity index (χ0v) is 13.4. The molecule has 0 atom stereocenters. The quantitative estimate of drug-likeness (QED) is 0.639. The molecule has 6 heteroatoms. The number of nitrogens with one attached hydrogen (secondary N) is 1. The summed E-state index contributed by atoms with van der Waals surface area (Å²) in [6.07, 6.45) is 6.57. The monoisotopic (exact) mass is 354 g/mol. The van der Waals surface area contributed by atoms with Gasteiger partial charge in [0.1, 0.15) is 4.60 Å². The summed E-state index contributed by atoms with van der Waals surface area (Å²) in [7, 11) is 0. The minimum Gasteiger partial charge on any atom is -0.481 e. The van der Waals surface area contributed by atoms with Crippen molar-refractivity contribution in [3.05, 3.63) is 22.9 Å². The van der Waals surface area contributed by atoms with Crippen molar-refractivity contribution in [2.24, 2.45) is 5.41 Å². The van der Waals surface area contributed by atoms with Gasteiger partial charge in [0, 0.05) is 6.42 Å². The van der Waals surface area contributed by atoms with Crippen molar-refractivity contribution < 1.29 is 14.7 Å². The van der Waals surface area contributed by atoms with Crippen molar-refractivity contribution in [1.29, 1.82) is 0 Å². The topological polar surface area (TPSA) is 79.3 Å². The zero-order valence-electron chi connectivity index (χ0n) is 11.8. The van der Waals surface area contributed by atoms with Gasteiger partial charge in [-0.2, -0.15) is 0 Å². The smallest absolute Gasteiger partial charge is 0.310 e. The average molecular weight is 355 g/mol. The van der Waals surface area contributed by atoms with Crippen molar-refractivity contribution in [2.45, 2.75) is 44.9 Å². The van der Waals surface area contributed by atoms with E-state index in [2.05, 4.69) is 26.2 Å². The molecule has 0 spiro atoms. The van der Waals surface area contributed by atoms with Crippen LogP contribution in [0.2, 0.25) is 0 Å². The van der Waals surface area contributed by atoms with E-state index in [1.54, 1.807) is 18.3 Å². The van der Waals surface area contributed by atoms with Crippen LogP contribution in [0.3, 0.4) is 0 Å². The number of hydrogen-bond donors (Lipinski definition) is 2. The fraction of sp³-hybridized carbons (Fsp3) is 0.533. The molecule has 0 aromatic carbocycles. The summed E-state index contributed by atoms with van der Waals surface area (Å²) >= 11 is 3.23. The normalized spacial score (nSPS) is 17.8. The van der Waals surface area contributed by atoms with Gasteiger partial charge < -0.3 is 10.4 Å². The van der Waals surface area contributed by atoms with E-state index in [1.807, 2.05) is 0 Å². The third kappa shape index (κ3) is 4.27. The molecule has 1 aliphatic rings. The molecule has 2 rings (SSSR count). The lowest BCUT2D eigenvalue weighted by molar-refractivity contribution is -0.152. The van der Waals surface area contributed by atoms with E-state index in [0.29, 0.717) is 23.1 Å². The second kappa shape index (κ2) is 7.02. The Hall–Kier alpha value is -1.43. The van der Waals surface area contributed by atoms with Gasteiger partial charge in [-0.3, -0.25) is 9.59 Å². The van der Waals surface area contributed by atoms with Crippen LogP contribution in [-0.2, 0) is 9.59 Å². The van der Waals surface area contributed by atoms with Crippen molar-refractivity contribution in [3.63, 3.8) is 0 Å². The van der Waals surface area contributed by atoms with Crippen molar-refractivity contribution in [1.82, 2.24) is 4.98 Å². The Kier molecular flexibility index (Phi) is 5.33. The summed E-state index contributed by atoms with van der Waals surface area (Å²) in [5.41, 5.74) is -0.332. The number of hydrogen-bond acceptors (Lipinski definition) is 3. The van der Waals surface area contributed by atoms with E-state index < -0.39 is 11.4 Å². The Morgan fingerprint density at radius 3 is 2.43 bits per heavy atom. The first-order valence-corrected chi connectivity index (χ1v) is 7.96. The lowest BCUT2D eigenvalue weighted by Gasteiger charge is -2.27. The third-order valence-electron chi connectivity index (χ3n) is 4.02. The van der Waals surface area contributed by atoms with Gasteiger partial charge in [-0.25, -0.2) is 4.98 Å². The average Bonchev–Trinajstić information content (AvgIpc) is 2.68. The molecule has 1 aromatic rings. The first-order chi connectivity index (χ1) is 10.0. The number of aliphatic carboxylic acids is 1. The van der Waals surface area contributed by atoms with Crippen molar-refractivity contribution >= 4 is 33.5 Å². The highest BCUT2D eigenvalue weighted by Crippen LogP contribution is 2.38. The maximum atomic E-state index is 12.2. The highest BCUT2D eigenvalue weighted by atomic mass is 79.9. The van der Waals surface area contributed by atoms with Gasteiger partial charge in [0.25, 0.3) is 0 Å². The van der Waals surface area contributed by atoms with E-state index in [1.165, 1.54) is 0 Å². The Morgan fingerprint density at radius 1 is 1.24 bits per heavy atom. The molecule has 1 fully saturated rings. The van der Waals surface area contributed by atoms with Gasteiger partial charge >= 0.3 is 5.97 Å². The summed E-state index contributed by atoms with van der Waals surface area (Å²) in [5, 5.41) is 12.3. The number of carboxylic acid groups (broad SMARTS) is 1. The fourth-order valence-corrected chi connectivity index (χ4v) is 3.07. The summed E-state index contributed by atoms with van der Waals surface area (Å²) in [6.45, 7) is 0. The standard InChI is InChI=1S/C15H19BrN2O3/c16-12-6-5-11(10-17-12)18-13(19)9-15(14(20)21)7-3-1-2-4-8-15/h5-6,10H,1-4,7-9H2,(H,18,19)(H,20,21). The molecule has 0 radical (unpaired) electrons. The van der Waals surface area contributed by atoms with E-state index in [0.717, 1.165) is 25.7 Å². The molecular formula is C15H19BrN2O3. The number of anilines is 1. The molecule has 0 aliphatic heterocycles. The number of rotatable bonds is 4. The molecule has 5 nitrogen and oxygen atoms in total. The van der Waals surface area contributed by atoms with E-state index >= 15 is 0 Å². The van der Waals surface area contributed by atoms with Crippen LogP contribution in [0.1, 0.15) is 44.9 Å². The Bertz CT molecular complexity index is 508. The van der Waals surface area contributed by atoms with Crippen molar-refractivity contribution in [3.8, 4) is 0 Å². The van der Waals surface area contributed by atoms with Gasteiger partial charge in [0.2, 0.25) is 5.91 Å². The largest absolute Gasteiger partial charge is 0.481 e. The SMILES string of the molecule is O=C(CC1(C(=O)O)CCCCCC1)Nc1ccc(Br)nc1. The highest BCUT2D eigenvalue weighted by molar-refractivity contribution is 9.10. The van der Waals surface area contributed by atoms with E-state index in [-0.39, 0.29) is 12.3 Å². The Balaban J connectivity index is 2.04. The van der Waals surface area contributed by atoms with Crippen LogP contribution in [0, 0.1) is 5.41 Å². The minimum absolute atomic E-state index is 0.0262. The van der Waals surface area contributed by atoms with Gasteiger partial charge in [-0.15, -0.1) is 0 Å². The van der Waals surface area contributed by atoms with Crippen molar-refractivity contribution in [2.75, 3.05) is 5.32 Å². The number of carbonyl (C=O) groups is 2. The molecule has 1 amide bonds. The van der Waals surface area contributed by atoms with Gasteiger partial charge in [0.05, 0.1) is 17.3 Å². The lowest BCUT2D eigenvalue weighted by atomic mass is 9.77. The molecule has 21 heavy (non-hydrogen) atoms. The number of pyridine rings is 1. The van der Waals surface area contributed by atoms with Crippen LogP contribution >= 0.6 is 15.9 Å². The molecule has 114 valence electrons. The maximum Gasteiger partial charge on any atom is 0.310 e. The first-order valence-electron chi connectivity index (χ1n) is 7.17. The molecule has 1 saturated carbocycles. The van der Waals surface area contributed by atoms with E-state index in [4.69, 9.17) is 0 Å². The molecule has 2 N–H and O–H groups in total. The lowest BCUT2D eigenvalue weighted by Crippen LogP contribution is -2.35. The number of halogens is 1. The molecule has 0 saturated heterocycles. The highest BCUT2D eigenvalue weighted by Gasteiger charge is 2.40. The molecule has 0 bridgehead atoms. The number of carbonyl (C=O) groups excluding carboxylic acids is 1. The Labute approximate surface area is 132 Å². The Morgan fingerprint density at radius 2 is 1.90 bits per heavy atom. The summed E-state index contributed by atoms with van der Waals surface area (Å²) in [4.78, 5) is 27.9. The molecule has 1 aromatic heterocycles. The van der Waals surface area contributed by atoms with Gasteiger partial charge in [-0.1, -0.05) is 25.7 Å². The third-order valence-corrected chi connectivity index (χ3v) is 4.49. The number of aromatic nitrogens is 1.